The van der Waals surface area contributed by atoms with Gasteiger partial charge in [-0.2, -0.15) is 0 Å². The van der Waals surface area contributed by atoms with Crippen molar-refractivity contribution in [1.29, 1.82) is 0 Å². The third-order valence-electron chi connectivity index (χ3n) is 5.62. The lowest BCUT2D eigenvalue weighted by Crippen LogP contribution is -2.42. The number of carbonyl (C=O) groups excluding carboxylic acids is 2. The average Bonchev–Trinajstić information content (AvgIpc) is 3.45. The summed E-state index contributed by atoms with van der Waals surface area (Å²) < 4.78 is 2.11. The summed E-state index contributed by atoms with van der Waals surface area (Å²) in [6.45, 7) is 6.48. The molecule has 2 fully saturated rings. The first-order chi connectivity index (χ1) is 11.5. The van der Waals surface area contributed by atoms with E-state index in [9.17, 15) is 9.59 Å². The lowest BCUT2D eigenvalue weighted by molar-refractivity contribution is -0.136. The van der Waals surface area contributed by atoms with Gasteiger partial charge in [0.1, 0.15) is 5.82 Å². The fourth-order valence-electron chi connectivity index (χ4n) is 3.62. The Morgan fingerprint density at radius 2 is 2.04 bits per heavy atom. The first kappa shape index (κ1) is 15.7. The second-order valence-electron chi connectivity index (χ2n) is 7.74. The summed E-state index contributed by atoms with van der Waals surface area (Å²) in [5.41, 5.74) is 0.805. The summed E-state index contributed by atoms with van der Waals surface area (Å²) in [7, 11) is 0. The van der Waals surface area contributed by atoms with E-state index < -0.39 is 0 Å². The van der Waals surface area contributed by atoms with Gasteiger partial charge in [0.25, 0.3) is 0 Å². The maximum Gasteiger partial charge on any atom is 0.226 e. The predicted octanol–water partition coefficient (Wildman–Crippen LogP) is 1.51. The number of hydrogen-bond donors (Lipinski definition) is 1. The number of amides is 2. The Bertz CT molecular complexity index is 664. The summed E-state index contributed by atoms with van der Waals surface area (Å²) in [5, 5.41) is 2.99. The van der Waals surface area contributed by atoms with Crippen LogP contribution in [0.1, 0.15) is 50.7 Å². The Kier molecular flexibility index (Phi) is 3.85. The Morgan fingerprint density at radius 1 is 1.29 bits per heavy atom. The van der Waals surface area contributed by atoms with Gasteiger partial charge in [0, 0.05) is 31.7 Å². The third-order valence-corrected chi connectivity index (χ3v) is 5.62. The number of carbonyl (C=O) groups is 2. The zero-order valence-electron chi connectivity index (χ0n) is 14.5. The van der Waals surface area contributed by atoms with Crippen LogP contribution in [-0.2, 0) is 22.6 Å². The summed E-state index contributed by atoms with van der Waals surface area (Å²) in [6, 6.07) is -0.0117. The molecule has 4 rings (SSSR count). The highest BCUT2D eigenvalue weighted by Gasteiger charge is 2.44. The van der Waals surface area contributed by atoms with Gasteiger partial charge < -0.3 is 14.8 Å². The molecule has 130 valence electrons. The van der Waals surface area contributed by atoms with Crippen LogP contribution in [0.5, 0.6) is 0 Å². The van der Waals surface area contributed by atoms with Gasteiger partial charge in [0.2, 0.25) is 11.8 Å². The van der Waals surface area contributed by atoms with Crippen LogP contribution >= 0.6 is 0 Å². The zero-order chi connectivity index (χ0) is 16.8. The Morgan fingerprint density at radius 3 is 2.71 bits per heavy atom. The minimum atomic E-state index is -0.0117. The van der Waals surface area contributed by atoms with E-state index >= 15 is 0 Å². The summed E-state index contributed by atoms with van der Waals surface area (Å²) in [4.78, 5) is 31.2. The molecular formula is C18H26N4O2. The molecule has 0 aromatic carbocycles. The first-order valence-corrected chi connectivity index (χ1v) is 9.16. The molecule has 1 aliphatic heterocycles. The summed E-state index contributed by atoms with van der Waals surface area (Å²) in [6.07, 6.45) is 5.79. The van der Waals surface area contributed by atoms with Crippen LogP contribution in [0.2, 0.25) is 0 Å². The smallest absolute Gasteiger partial charge is 0.226 e. The highest BCUT2D eigenvalue weighted by molar-refractivity contribution is 5.82. The maximum atomic E-state index is 12.6. The highest BCUT2D eigenvalue weighted by atomic mass is 16.2. The van der Waals surface area contributed by atoms with Crippen molar-refractivity contribution >= 4 is 11.8 Å². The number of hydrogen-bond acceptors (Lipinski definition) is 3. The van der Waals surface area contributed by atoms with Crippen LogP contribution in [0.4, 0.5) is 0 Å². The van der Waals surface area contributed by atoms with Crippen molar-refractivity contribution in [3.05, 3.63) is 17.7 Å². The van der Waals surface area contributed by atoms with Crippen molar-refractivity contribution < 1.29 is 9.59 Å². The molecule has 0 spiro atoms. The molecule has 3 atom stereocenters. The minimum absolute atomic E-state index is 0.0117. The second kappa shape index (κ2) is 5.90. The van der Waals surface area contributed by atoms with E-state index in [4.69, 9.17) is 0 Å². The molecule has 6 heteroatoms. The highest BCUT2D eigenvalue weighted by Crippen LogP contribution is 2.41. The van der Waals surface area contributed by atoms with Crippen molar-refractivity contribution in [2.45, 2.75) is 52.1 Å². The lowest BCUT2D eigenvalue weighted by atomic mass is 10.1. The van der Waals surface area contributed by atoms with Crippen molar-refractivity contribution in [2.75, 3.05) is 13.1 Å². The fourth-order valence-corrected chi connectivity index (χ4v) is 3.62. The van der Waals surface area contributed by atoms with Gasteiger partial charge in [0.05, 0.1) is 18.2 Å². The molecular weight excluding hydrogens is 304 g/mol. The molecule has 0 radical (unpaired) electrons. The van der Waals surface area contributed by atoms with E-state index in [-0.39, 0.29) is 23.8 Å². The SMILES string of the molecule is C[C@@H]1C[C@H]1C(=O)N1CCn2cc(CC(=O)NCC3CC3)nc2[C@@H]1C. The van der Waals surface area contributed by atoms with Crippen LogP contribution in [0.15, 0.2) is 6.20 Å². The number of nitrogens with zero attached hydrogens (tertiary/aromatic N) is 3. The zero-order valence-corrected chi connectivity index (χ0v) is 14.5. The monoisotopic (exact) mass is 330 g/mol. The van der Waals surface area contributed by atoms with Gasteiger partial charge in [-0.15, -0.1) is 0 Å². The second-order valence-corrected chi connectivity index (χ2v) is 7.74. The molecule has 1 N–H and O–H groups in total. The summed E-state index contributed by atoms with van der Waals surface area (Å²) >= 11 is 0. The number of fused-ring (bicyclic) bond motifs is 1. The molecule has 6 nitrogen and oxygen atoms in total. The quantitative estimate of drug-likeness (QED) is 0.890. The van der Waals surface area contributed by atoms with Crippen LogP contribution < -0.4 is 5.32 Å². The Labute approximate surface area is 142 Å². The van der Waals surface area contributed by atoms with Gasteiger partial charge in [-0.05, 0) is 38.0 Å². The molecule has 3 aliphatic rings. The van der Waals surface area contributed by atoms with E-state index in [1.54, 1.807) is 0 Å². The van der Waals surface area contributed by atoms with Crippen LogP contribution in [0.25, 0.3) is 0 Å². The Balaban J connectivity index is 1.40. The molecule has 2 heterocycles. The normalized spacial score (nSPS) is 28.4. The number of aromatic nitrogens is 2. The first-order valence-electron chi connectivity index (χ1n) is 9.16. The lowest BCUT2D eigenvalue weighted by Gasteiger charge is -2.34. The van der Waals surface area contributed by atoms with Crippen molar-refractivity contribution in [1.82, 2.24) is 19.8 Å². The molecule has 1 aromatic rings. The topological polar surface area (TPSA) is 67.2 Å². The van der Waals surface area contributed by atoms with Crippen LogP contribution in [0.3, 0.4) is 0 Å². The summed E-state index contributed by atoms with van der Waals surface area (Å²) in [5.74, 6) is 2.65. The van der Waals surface area contributed by atoms with E-state index in [1.165, 1.54) is 12.8 Å². The van der Waals surface area contributed by atoms with E-state index in [2.05, 4.69) is 21.8 Å². The van der Waals surface area contributed by atoms with Crippen molar-refractivity contribution in [2.24, 2.45) is 17.8 Å². The number of nitrogens with one attached hydrogen (secondary N) is 1. The van der Waals surface area contributed by atoms with Gasteiger partial charge in [0.15, 0.2) is 0 Å². The third kappa shape index (κ3) is 3.06. The van der Waals surface area contributed by atoms with E-state index in [0.717, 1.165) is 37.6 Å². The molecule has 0 saturated heterocycles. The minimum Gasteiger partial charge on any atom is -0.355 e. The molecule has 0 bridgehead atoms. The van der Waals surface area contributed by atoms with Gasteiger partial charge in [-0.1, -0.05) is 6.92 Å². The van der Waals surface area contributed by atoms with Gasteiger partial charge in [-0.25, -0.2) is 4.98 Å². The van der Waals surface area contributed by atoms with Gasteiger partial charge in [-0.3, -0.25) is 9.59 Å². The molecule has 0 unspecified atom stereocenters. The van der Waals surface area contributed by atoms with Gasteiger partial charge >= 0.3 is 0 Å². The van der Waals surface area contributed by atoms with Crippen molar-refractivity contribution in [3.8, 4) is 0 Å². The Hall–Kier alpha value is -1.85. The number of rotatable bonds is 5. The van der Waals surface area contributed by atoms with Crippen LogP contribution in [0, 0.1) is 17.8 Å². The molecule has 24 heavy (non-hydrogen) atoms. The predicted molar refractivity (Wildman–Crippen MR) is 89.1 cm³/mol. The maximum absolute atomic E-state index is 12.6. The fraction of sp³-hybridized carbons (Fsp3) is 0.722. The molecule has 2 amide bonds. The van der Waals surface area contributed by atoms with E-state index in [1.807, 2.05) is 18.0 Å². The van der Waals surface area contributed by atoms with E-state index in [0.29, 0.717) is 18.3 Å². The van der Waals surface area contributed by atoms with Crippen LogP contribution in [-0.4, -0.2) is 39.4 Å². The molecule has 2 aliphatic carbocycles. The van der Waals surface area contributed by atoms with Crippen molar-refractivity contribution in [3.63, 3.8) is 0 Å². The number of imidazole rings is 1. The largest absolute Gasteiger partial charge is 0.355 e. The standard InChI is InChI=1S/C18H26N4O2/c1-11-7-15(11)18(24)22-6-5-21-10-14(20-17(21)12(22)2)8-16(23)19-9-13-3-4-13/h10-13,15H,3-9H2,1-2H3,(H,19,23)/t11-,12+,15-/m1/s1. The average molecular weight is 330 g/mol. The molecule has 2 saturated carbocycles. The molecule has 1 aromatic heterocycles.